The summed E-state index contributed by atoms with van der Waals surface area (Å²) in [6.07, 6.45) is 1.90. The molecule has 0 aromatic rings. The van der Waals surface area contributed by atoms with Gasteiger partial charge in [0.1, 0.15) is 0 Å². The van der Waals surface area contributed by atoms with Gasteiger partial charge in [0.05, 0.1) is 0 Å². The van der Waals surface area contributed by atoms with E-state index in [0.29, 0.717) is 11.7 Å². The maximum Gasteiger partial charge on any atom is 0.162 e. The molecule has 0 amide bonds. The first kappa shape index (κ1) is 9.50. The van der Waals surface area contributed by atoms with E-state index in [2.05, 4.69) is 27.7 Å². The first-order valence-electron chi connectivity index (χ1n) is 4.87. The van der Waals surface area contributed by atoms with Gasteiger partial charge >= 0.3 is 0 Å². The van der Waals surface area contributed by atoms with Gasteiger partial charge in [0.15, 0.2) is 5.78 Å². The highest BCUT2D eigenvalue weighted by molar-refractivity contribution is 6.00. The molecule has 0 heterocycles. The summed E-state index contributed by atoms with van der Waals surface area (Å²) in [7, 11) is 0. The monoisotopic (exact) mass is 166 g/mol. The number of carbonyl (C=O) groups excluding carboxylic acids is 1. The van der Waals surface area contributed by atoms with E-state index in [4.69, 9.17) is 0 Å². The third kappa shape index (κ3) is 1.21. The van der Waals surface area contributed by atoms with Crippen LogP contribution in [-0.4, -0.2) is 5.78 Å². The highest BCUT2D eigenvalue weighted by Crippen LogP contribution is 2.36. The van der Waals surface area contributed by atoms with E-state index in [0.717, 1.165) is 18.4 Å². The Labute approximate surface area is 74.9 Å². The average molecular weight is 166 g/mol. The molecule has 0 saturated heterocycles. The van der Waals surface area contributed by atoms with E-state index in [9.17, 15) is 4.79 Å². The van der Waals surface area contributed by atoms with Gasteiger partial charge in [-0.25, -0.2) is 0 Å². The first-order chi connectivity index (χ1) is 5.63. The quantitative estimate of drug-likeness (QED) is 0.616. The molecule has 12 heavy (non-hydrogen) atoms. The second kappa shape index (κ2) is 3.42. The predicted octanol–water partition coefficient (Wildman–Crippen LogP) is 2.96. The molecule has 2 atom stereocenters. The summed E-state index contributed by atoms with van der Waals surface area (Å²) in [5.41, 5.74) is 2.42. The lowest BCUT2D eigenvalue weighted by atomic mass is 9.91. The predicted molar refractivity (Wildman–Crippen MR) is 50.9 cm³/mol. The highest BCUT2D eigenvalue weighted by Gasteiger charge is 2.34. The molecule has 68 valence electrons. The molecule has 0 aromatic carbocycles. The van der Waals surface area contributed by atoms with Crippen molar-refractivity contribution in [1.29, 1.82) is 0 Å². The molecule has 0 N–H and O–H groups in total. The van der Waals surface area contributed by atoms with E-state index in [-0.39, 0.29) is 5.92 Å². The van der Waals surface area contributed by atoms with Crippen molar-refractivity contribution in [2.24, 2.45) is 11.8 Å². The summed E-state index contributed by atoms with van der Waals surface area (Å²) in [5, 5.41) is 0. The zero-order valence-electron chi connectivity index (χ0n) is 8.48. The first-order valence-corrected chi connectivity index (χ1v) is 4.87. The lowest BCUT2D eigenvalue weighted by Gasteiger charge is -2.12. The third-order valence-electron chi connectivity index (χ3n) is 3.19. The summed E-state index contributed by atoms with van der Waals surface area (Å²) >= 11 is 0. The molecular formula is C11H18O. The zero-order valence-corrected chi connectivity index (χ0v) is 8.48. The maximum atomic E-state index is 11.7. The van der Waals surface area contributed by atoms with Crippen molar-refractivity contribution in [2.75, 3.05) is 0 Å². The van der Waals surface area contributed by atoms with Crippen molar-refractivity contribution in [3.05, 3.63) is 11.1 Å². The number of carbonyl (C=O) groups is 1. The molecular weight excluding hydrogens is 148 g/mol. The normalized spacial score (nSPS) is 30.2. The number of rotatable bonds is 2. The summed E-state index contributed by atoms with van der Waals surface area (Å²) in [5.74, 6) is 1.17. The molecule has 0 aromatic heterocycles. The molecule has 0 radical (unpaired) electrons. The molecule has 1 heteroatoms. The minimum atomic E-state index is 0.278. The topological polar surface area (TPSA) is 17.1 Å². The van der Waals surface area contributed by atoms with Gasteiger partial charge in [-0.05, 0) is 31.3 Å². The van der Waals surface area contributed by atoms with Crippen molar-refractivity contribution in [2.45, 2.75) is 40.5 Å². The van der Waals surface area contributed by atoms with Crippen LogP contribution in [0.5, 0.6) is 0 Å². The Balaban J connectivity index is 2.94. The highest BCUT2D eigenvalue weighted by atomic mass is 16.1. The summed E-state index contributed by atoms with van der Waals surface area (Å²) < 4.78 is 0. The molecule has 1 aliphatic carbocycles. The summed E-state index contributed by atoms with van der Waals surface area (Å²) in [4.78, 5) is 11.7. The Morgan fingerprint density at radius 1 is 1.33 bits per heavy atom. The molecule has 0 aliphatic heterocycles. The van der Waals surface area contributed by atoms with E-state index in [1.807, 2.05) is 0 Å². The molecule has 0 bridgehead atoms. The molecule has 1 rings (SSSR count). The molecule has 0 spiro atoms. The van der Waals surface area contributed by atoms with Gasteiger partial charge in [0, 0.05) is 5.92 Å². The van der Waals surface area contributed by atoms with Crippen molar-refractivity contribution >= 4 is 5.78 Å². The summed E-state index contributed by atoms with van der Waals surface area (Å²) in [6, 6.07) is 0. The number of allylic oxidation sites excluding steroid dienone is 2. The third-order valence-corrected chi connectivity index (χ3v) is 3.19. The van der Waals surface area contributed by atoms with Crippen LogP contribution >= 0.6 is 0 Å². The molecule has 0 fully saturated rings. The van der Waals surface area contributed by atoms with Crippen LogP contribution in [0, 0.1) is 11.8 Å². The SMILES string of the molecule is CCC1=C(C)C(C)C(CC)C1=O. The number of hydrogen-bond donors (Lipinski definition) is 0. The van der Waals surface area contributed by atoms with E-state index in [1.165, 1.54) is 5.57 Å². The summed E-state index contributed by atoms with van der Waals surface area (Å²) in [6.45, 7) is 8.45. The van der Waals surface area contributed by atoms with E-state index >= 15 is 0 Å². The fourth-order valence-electron chi connectivity index (χ4n) is 2.21. The molecule has 1 nitrogen and oxygen atoms in total. The lowest BCUT2D eigenvalue weighted by molar-refractivity contribution is -0.119. The Hall–Kier alpha value is -0.590. The minimum Gasteiger partial charge on any atom is -0.294 e. The Morgan fingerprint density at radius 3 is 2.17 bits per heavy atom. The molecule has 2 unspecified atom stereocenters. The van der Waals surface area contributed by atoms with Gasteiger partial charge in [0.25, 0.3) is 0 Å². The Bertz CT molecular complexity index is 225. The van der Waals surface area contributed by atoms with Crippen molar-refractivity contribution < 1.29 is 4.79 Å². The minimum absolute atomic E-state index is 0.278. The van der Waals surface area contributed by atoms with Crippen LogP contribution in [0.2, 0.25) is 0 Å². The van der Waals surface area contributed by atoms with Gasteiger partial charge in [-0.3, -0.25) is 4.79 Å². The number of Topliss-reactive ketones (excluding diaryl/α,β-unsaturated/α-hetero) is 1. The zero-order chi connectivity index (χ0) is 9.30. The number of hydrogen-bond acceptors (Lipinski definition) is 1. The van der Waals surface area contributed by atoms with Crippen LogP contribution in [0.15, 0.2) is 11.1 Å². The van der Waals surface area contributed by atoms with Crippen LogP contribution in [0.3, 0.4) is 0 Å². The van der Waals surface area contributed by atoms with Gasteiger partial charge in [-0.1, -0.05) is 26.3 Å². The van der Waals surface area contributed by atoms with Gasteiger partial charge < -0.3 is 0 Å². The Kier molecular flexibility index (Phi) is 2.71. The second-order valence-electron chi connectivity index (χ2n) is 3.68. The Morgan fingerprint density at radius 2 is 1.92 bits per heavy atom. The maximum absolute atomic E-state index is 11.7. The van der Waals surface area contributed by atoms with Crippen LogP contribution < -0.4 is 0 Å². The van der Waals surface area contributed by atoms with Gasteiger partial charge in [-0.15, -0.1) is 0 Å². The van der Waals surface area contributed by atoms with Crippen molar-refractivity contribution in [3.63, 3.8) is 0 Å². The van der Waals surface area contributed by atoms with Crippen molar-refractivity contribution in [1.82, 2.24) is 0 Å². The van der Waals surface area contributed by atoms with Crippen LogP contribution in [0.1, 0.15) is 40.5 Å². The molecule has 0 saturated carbocycles. The smallest absolute Gasteiger partial charge is 0.162 e. The standard InChI is InChI=1S/C11H18O/c1-5-9-7(3)8(4)10(6-2)11(9)12/h7,9H,5-6H2,1-4H3. The largest absolute Gasteiger partial charge is 0.294 e. The lowest BCUT2D eigenvalue weighted by Crippen LogP contribution is -2.14. The molecule has 1 aliphatic rings. The van der Waals surface area contributed by atoms with Crippen LogP contribution in [-0.2, 0) is 4.79 Å². The van der Waals surface area contributed by atoms with Gasteiger partial charge in [-0.2, -0.15) is 0 Å². The van der Waals surface area contributed by atoms with Crippen LogP contribution in [0.4, 0.5) is 0 Å². The van der Waals surface area contributed by atoms with E-state index in [1.54, 1.807) is 0 Å². The van der Waals surface area contributed by atoms with Crippen LogP contribution in [0.25, 0.3) is 0 Å². The fourth-order valence-corrected chi connectivity index (χ4v) is 2.21. The number of ketones is 1. The second-order valence-corrected chi connectivity index (χ2v) is 3.68. The van der Waals surface area contributed by atoms with E-state index < -0.39 is 0 Å². The fraction of sp³-hybridized carbons (Fsp3) is 0.727. The average Bonchev–Trinajstić information content (AvgIpc) is 2.25. The van der Waals surface area contributed by atoms with Gasteiger partial charge in [0.2, 0.25) is 0 Å². The van der Waals surface area contributed by atoms with Crippen molar-refractivity contribution in [3.8, 4) is 0 Å².